The van der Waals surface area contributed by atoms with Crippen LogP contribution < -0.4 is 5.32 Å². The maximum Gasteiger partial charge on any atom is 0.407 e. The largest absolute Gasteiger partial charge is 0.449 e. The average Bonchev–Trinajstić information content (AvgIpc) is 3.50. The molecular weight excluding hydrogens is 657 g/mol. The van der Waals surface area contributed by atoms with E-state index in [0.717, 1.165) is 22.3 Å². The van der Waals surface area contributed by atoms with Crippen molar-refractivity contribution >= 4 is 40.5 Å². The summed E-state index contributed by atoms with van der Waals surface area (Å²) in [4.78, 5) is 57.6. The van der Waals surface area contributed by atoms with E-state index in [2.05, 4.69) is 85.2 Å². The molecule has 1 aliphatic carbocycles. The Morgan fingerprint density at radius 3 is 1.82 bits per heavy atom. The summed E-state index contributed by atoms with van der Waals surface area (Å²) in [6.45, 7) is 23.4. The maximum atomic E-state index is 13.9. The number of imide groups is 1. The highest BCUT2D eigenvalue weighted by Crippen LogP contribution is 2.45. The van der Waals surface area contributed by atoms with Gasteiger partial charge in [-0.2, -0.15) is 0 Å². The summed E-state index contributed by atoms with van der Waals surface area (Å²) in [5.41, 5.74) is 4.29. The van der Waals surface area contributed by atoms with Crippen molar-refractivity contribution in [3.8, 4) is 11.1 Å². The first kappa shape index (κ1) is 38.5. The van der Waals surface area contributed by atoms with Gasteiger partial charge in [0.05, 0.1) is 12.7 Å². The summed E-state index contributed by atoms with van der Waals surface area (Å²) in [5.74, 6) is -3.06. The second kappa shape index (κ2) is 14.5. The number of rotatable bonds is 12. The molecule has 3 atom stereocenters. The highest BCUT2D eigenvalue weighted by Gasteiger charge is 2.46. The molecule has 2 aromatic carbocycles. The molecule has 0 aromatic heterocycles. The summed E-state index contributed by atoms with van der Waals surface area (Å²) in [6, 6.07) is 14.7. The van der Waals surface area contributed by atoms with Crippen LogP contribution in [0, 0.1) is 5.92 Å². The molecule has 0 radical (unpaired) electrons. The highest BCUT2D eigenvalue weighted by atomic mass is 28.4. The molecule has 1 fully saturated rings. The fourth-order valence-electron chi connectivity index (χ4n) is 5.55. The Morgan fingerprint density at radius 1 is 0.837 bits per heavy atom. The van der Waals surface area contributed by atoms with E-state index < -0.39 is 58.6 Å². The van der Waals surface area contributed by atoms with Crippen LogP contribution in [0.1, 0.15) is 78.4 Å². The Balaban J connectivity index is 1.61. The monoisotopic (exact) mass is 710 g/mol. The Morgan fingerprint density at radius 2 is 1.33 bits per heavy atom. The molecule has 12 heteroatoms. The predicted octanol–water partition coefficient (Wildman–Crippen LogP) is 7.55. The highest BCUT2D eigenvalue weighted by molar-refractivity contribution is 6.74. The van der Waals surface area contributed by atoms with Crippen molar-refractivity contribution in [3.63, 3.8) is 0 Å². The van der Waals surface area contributed by atoms with Gasteiger partial charge in [0, 0.05) is 24.7 Å². The smallest absolute Gasteiger partial charge is 0.407 e. The van der Waals surface area contributed by atoms with Crippen LogP contribution in [0.15, 0.2) is 48.5 Å². The molecule has 10 nitrogen and oxygen atoms in total. The number of hydrogen-bond donors (Lipinski definition) is 1. The Hall–Kier alpha value is -3.33. The third kappa shape index (κ3) is 8.53. The van der Waals surface area contributed by atoms with Crippen molar-refractivity contribution < 1.29 is 37.6 Å². The molecule has 3 amide bonds. The lowest BCUT2D eigenvalue weighted by molar-refractivity contribution is -0.200. The molecule has 0 saturated carbocycles. The van der Waals surface area contributed by atoms with Crippen LogP contribution >= 0.6 is 0 Å². The van der Waals surface area contributed by atoms with Gasteiger partial charge >= 0.3 is 12.1 Å². The van der Waals surface area contributed by atoms with Crippen LogP contribution in [0.3, 0.4) is 0 Å². The Kier molecular flexibility index (Phi) is 11.4. The lowest BCUT2D eigenvalue weighted by atomic mass is 9.96. The molecule has 0 bridgehead atoms. The minimum Gasteiger partial charge on any atom is -0.449 e. The van der Waals surface area contributed by atoms with Crippen LogP contribution in [0.4, 0.5) is 4.79 Å². The number of amides is 3. The Labute approximate surface area is 293 Å². The Bertz CT molecular complexity index is 1500. The molecule has 268 valence electrons. The van der Waals surface area contributed by atoms with E-state index in [4.69, 9.17) is 18.4 Å². The van der Waals surface area contributed by atoms with Crippen LogP contribution in [-0.2, 0) is 32.8 Å². The zero-order chi connectivity index (χ0) is 36.5. The summed E-state index contributed by atoms with van der Waals surface area (Å²) in [7, 11) is -4.68. The number of fused-ring (bicyclic) bond motifs is 3. The van der Waals surface area contributed by atoms with Crippen LogP contribution in [-0.4, -0.2) is 70.9 Å². The second-order valence-electron chi connectivity index (χ2n) is 16.3. The summed E-state index contributed by atoms with van der Waals surface area (Å²) >= 11 is 0. The zero-order valence-corrected chi connectivity index (χ0v) is 33.0. The van der Waals surface area contributed by atoms with E-state index in [1.54, 1.807) is 6.92 Å². The van der Waals surface area contributed by atoms with Crippen molar-refractivity contribution in [1.82, 2.24) is 10.4 Å². The van der Waals surface area contributed by atoms with E-state index in [0.29, 0.717) is 5.06 Å². The van der Waals surface area contributed by atoms with Crippen molar-refractivity contribution in [3.05, 3.63) is 59.7 Å². The second-order valence-corrected chi connectivity index (χ2v) is 25.9. The minimum atomic E-state index is -2.43. The quantitative estimate of drug-likeness (QED) is 0.177. The molecule has 2 aromatic rings. The summed E-state index contributed by atoms with van der Waals surface area (Å²) in [6.07, 6.45) is -1.56. The van der Waals surface area contributed by atoms with Gasteiger partial charge in [-0.1, -0.05) is 97.0 Å². The molecular formula is C37H54N2O8Si2. The number of carbonyl (C=O) groups is 4. The van der Waals surface area contributed by atoms with Crippen LogP contribution in [0.2, 0.25) is 36.3 Å². The number of alkyl carbamates (subject to hydrolysis) is 1. The molecule has 2 aliphatic rings. The normalized spacial score (nSPS) is 17.3. The molecule has 0 spiro atoms. The number of ether oxygens (including phenoxy) is 1. The van der Waals surface area contributed by atoms with Gasteiger partial charge in [-0.05, 0) is 58.5 Å². The topological polar surface area (TPSA) is 120 Å². The van der Waals surface area contributed by atoms with Gasteiger partial charge in [0.15, 0.2) is 16.6 Å². The van der Waals surface area contributed by atoms with E-state index in [1.165, 1.54) is 0 Å². The summed E-state index contributed by atoms with van der Waals surface area (Å²) < 4.78 is 19.4. The summed E-state index contributed by atoms with van der Waals surface area (Å²) in [5, 5.41) is 2.99. The number of nitrogens with zero attached hydrogens (tertiary/aromatic N) is 1. The average molecular weight is 711 g/mol. The van der Waals surface area contributed by atoms with Crippen molar-refractivity contribution in [1.29, 1.82) is 0 Å². The lowest BCUT2D eigenvalue weighted by Gasteiger charge is -2.44. The molecule has 1 saturated heterocycles. The molecule has 4 rings (SSSR count). The van der Waals surface area contributed by atoms with Gasteiger partial charge in [0.2, 0.25) is 0 Å². The minimum absolute atomic E-state index is 0.0392. The van der Waals surface area contributed by atoms with Gasteiger partial charge in [0.25, 0.3) is 11.8 Å². The van der Waals surface area contributed by atoms with E-state index in [9.17, 15) is 19.2 Å². The first-order valence-electron chi connectivity index (χ1n) is 17.2. The molecule has 1 N–H and O–H groups in total. The van der Waals surface area contributed by atoms with Gasteiger partial charge in [-0.3, -0.25) is 9.59 Å². The first-order valence-corrected chi connectivity index (χ1v) is 23.0. The van der Waals surface area contributed by atoms with Crippen molar-refractivity contribution in [2.24, 2.45) is 5.92 Å². The van der Waals surface area contributed by atoms with E-state index in [-0.39, 0.29) is 42.0 Å². The number of nitrogens with one attached hydrogen (secondary N) is 1. The van der Waals surface area contributed by atoms with E-state index in [1.807, 2.05) is 36.4 Å². The maximum absolute atomic E-state index is 13.9. The zero-order valence-electron chi connectivity index (χ0n) is 31.0. The van der Waals surface area contributed by atoms with Gasteiger partial charge in [0.1, 0.15) is 12.6 Å². The molecule has 0 unspecified atom stereocenters. The molecule has 49 heavy (non-hydrogen) atoms. The SMILES string of the molecule is C[C@@H]([C@H](CO[Si](C)(C)C(C)(C)C)O[Si](C)(C)C(C)(C)C)[C@H](NC(=O)OCC1c2ccccc2-c2ccccc21)C(=O)ON1C(=O)CCC1=O. The standard InChI is InChI=1S/C37H54N2O8Si2/c1-24(30(47-49(10,11)37(5,6)7)23-45-48(8,9)36(2,3)4)33(34(42)46-39-31(40)20-21-32(39)41)38-35(43)44-22-29-27-18-14-12-16-25(27)26-17-13-15-19-28(26)29/h12-19,24,29-30,33H,20-23H2,1-11H3,(H,38,43)/t24-,30-,33-/m0/s1. The van der Waals surface area contributed by atoms with Crippen molar-refractivity contribution in [2.45, 2.75) is 116 Å². The van der Waals surface area contributed by atoms with E-state index >= 15 is 0 Å². The van der Waals surface area contributed by atoms with Crippen LogP contribution in [0.25, 0.3) is 11.1 Å². The first-order chi connectivity index (χ1) is 22.6. The lowest BCUT2D eigenvalue weighted by Crippen LogP contribution is -2.56. The molecule has 1 heterocycles. The fourth-order valence-corrected chi connectivity index (χ4v) is 7.95. The van der Waals surface area contributed by atoms with Crippen molar-refractivity contribution in [2.75, 3.05) is 13.2 Å². The third-order valence-electron chi connectivity index (χ3n) is 10.8. The van der Waals surface area contributed by atoms with Crippen LogP contribution in [0.5, 0.6) is 0 Å². The molecule has 1 aliphatic heterocycles. The van der Waals surface area contributed by atoms with Gasteiger partial charge < -0.3 is 23.7 Å². The number of hydrogen-bond acceptors (Lipinski definition) is 8. The third-order valence-corrected chi connectivity index (χ3v) is 19.8. The number of benzene rings is 2. The van der Waals surface area contributed by atoms with Gasteiger partial charge in [-0.25, -0.2) is 9.59 Å². The number of hydroxylamine groups is 2. The fraction of sp³-hybridized carbons (Fsp3) is 0.568. The number of carbonyl (C=O) groups excluding carboxylic acids is 4. The van der Waals surface area contributed by atoms with Gasteiger partial charge in [-0.15, -0.1) is 5.06 Å². The predicted molar refractivity (Wildman–Crippen MR) is 194 cm³/mol.